The average Bonchev–Trinajstić information content (AvgIpc) is 2.86. The lowest BCUT2D eigenvalue weighted by atomic mass is 10.2. The van der Waals surface area contributed by atoms with Crippen LogP contribution in [0.2, 0.25) is 0 Å². The predicted molar refractivity (Wildman–Crippen MR) is 60.8 cm³/mol. The summed E-state index contributed by atoms with van der Waals surface area (Å²) >= 11 is 0. The van der Waals surface area contributed by atoms with Gasteiger partial charge in [-0.15, -0.1) is 0 Å². The highest BCUT2D eigenvalue weighted by Crippen LogP contribution is 2.31. The van der Waals surface area contributed by atoms with E-state index in [0.29, 0.717) is 11.4 Å². The summed E-state index contributed by atoms with van der Waals surface area (Å²) in [7, 11) is 1.36. The Morgan fingerprint density at radius 1 is 1.56 bits per heavy atom. The van der Waals surface area contributed by atoms with Crippen LogP contribution in [0.5, 0.6) is 5.75 Å². The van der Waals surface area contributed by atoms with Gasteiger partial charge in [0.1, 0.15) is 0 Å². The number of nitrogens with two attached hydrogens (primary N) is 1. The maximum absolute atomic E-state index is 10.9. The first-order valence-electron chi connectivity index (χ1n) is 5.01. The molecule has 0 atom stereocenters. The van der Waals surface area contributed by atoms with Crippen molar-refractivity contribution in [1.82, 2.24) is 10.1 Å². The van der Waals surface area contributed by atoms with Crippen LogP contribution < -0.4 is 10.5 Å². The molecule has 2 N–H and O–H groups in total. The maximum Gasteiger partial charge on any atom is 0.311 e. The molecule has 0 aliphatic rings. The Hall–Kier alpha value is -2.48. The highest BCUT2D eigenvalue weighted by atomic mass is 16.6. The number of aromatic nitrogens is 2. The molecule has 0 saturated heterocycles. The average molecular weight is 250 g/mol. The van der Waals surface area contributed by atoms with E-state index in [1.165, 1.54) is 19.2 Å². The van der Waals surface area contributed by atoms with Gasteiger partial charge in [0.25, 0.3) is 5.89 Å². The highest BCUT2D eigenvalue weighted by Gasteiger charge is 2.18. The second kappa shape index (κ2) is 4.80. The molecule has 0 saturated carbocycles. The van der Waals surface area contributed by atoms with Crippen molar-refractivity contribution in [2.24, 2.45) is 5.73 Å². The summed E-state index contributed by atoms with van der Waals surface area (Å²) in [4.78, 5) is 14.3. The second-order valence-corrected chi connectivity index (χ2v) is 3.36. The van der Waals surface area contributed by atoms with Crippen LogP contribution in [0.15, 0.2) is 22.7 Å². The Balaban J connectivity index is 2.46. The lowest BCUT2D eigenvalue weighted by Crippen LogP contribution is -1.98. The lowest BCUT2D eigenvalue weighted by Gasteiger charge is -2.01. The summed E-state index contributed by atoms with van der Waals surface area (Å²) in [6.07, 6.45) is 0. The van der Waals surface area contributed by atoms with Gasteiger partial charge in [0.2, 0.25) is 0 Å². The molecular formula is C10H10N4O4. The smallest absolute Gasteiger partial charge is 0.311 e. The lowest BCUT2D eigenvalue weighted by molar-refractivity contribution is -0.385. The van der Waals surface area contributed by atoms with Crippen molar-refractivity contribution < 1.29 is 14.2 Å². The number of nitrogens with zero attached hydrogens (tertiary/aromatic N) is 3. The molecule has 8 nitrogen and oxygen atoms in total. The zero-order chi connectivity index (χ0) is 13.1. The number of nitro benzene ring substituents is 1. The molecule has 0 amide bonds. The van der Waals surface area contributed by atoms with E-state index in [9.17, 15) is 10.1 Å². The van der Waals surface area contributed by atoms with Gasteiger partial charge in [-0.3, -0.25) is 10.1 Å². The first kappa shape index (κ1) is 12.0. The summed E-state index contributed by atoms with van der Waals surface area (Å²) in [5.41, 5.74) is 5.63. The fourth-order valence-corrected chi connectivity index (χ4v) is 1.42. The Bertz CT molecular complexity index is 581. The number of ether oxygens (including phenoxy) is 1. The molecule has 0 fully saturated rings. The molecule has 0 spiro atoms. The summed E-state index contributed by atoms with van der Waals surface area (Å²) < 4.78 is 9.84. The molecular weight excluding hydrogens is 240 g/mol. The van der Waals surface area contributed by atoms with Crippen molar-refractivity contribution in [3.8, 4) is 17.2 Å². The molecule has 0 aliphatic heterocycles. The first-order chi connectivity index (χ1) is 8.65. The SMILES string of the molecule is COc1ccc(-c2nc(CN)no2)cc1[N+](=O)[O-]. The molecule has 1 aromatic carbocycles. The number of benzene rings is 1. The summed E-state index contributed by atoms with van der Waals surface area (Å²) in [6, 6.07) is 4.38. The molecule has 1 heterocycles. The van der Waals surface area contributed by atoms with Crippen LogP contribution in [0, 0.1) is 10.1 Å². The van der Waals surface area contributed by atoms with E-state index >= 15 is 0 Å². The van der Waals surface area contributed by atoms with Crippen molar-refractivity contribution in [2.45, 2.75) is 6.54 Å². The Morgan fingerprint density at radius 2 is 2.33 bits per heavy atom. The van der Waals surface area contributed by atoms with Crippen LogP contribution in [-0.4, -0.2) is 22.2 Å². The summed E-state index contributed by atoms with van der Waals surface area (Å²) in [5, 5.41) is 14.5. The molecule has 0 unspecified atom stereocenters. The summed E-state index contributed by atoms with van der Waals surface area (Å²) in [6.45, 7) is 0.141. The normalized spacial score (nSPS) is 10.3. The van der Waals surface area contributed by atoms with Crippen LogP contribution in [0.25, 0.3) is 11.5 Å². The van der Waals surface area contributed by atoms with E-state index in [4.69, 9.17) is 15.0 Å². The predicted octanol–water partition coefficient (Wildman–Crippen LogP) is 1.11. The second-order valence-electron chi connectivity index (χ2n) is 3.36. The summed E-state index contributed by atoms with van der Waals surface area (Å²) in [5.74, 6) is 0.687. The molecule has 0 bridgehead atoms. The van der Waals surface area contributed by atoms with Crippen molar-refractivity contribution >= 4 is 5.69 Å². The van der Waals surface area contributed by atoms with Crippen molar-refractivity contribution in [3.63, 3.8) is 0 Å². The van der Waals surface area contributed by atoms with E-state index in [-0.39, 0.29) is 23.9 Å². The zero-order valence-corrected chi connectivity index (χ0v) is 9.49. The Kier molecular flexibility index (Phi) is 3.20. The largest absolute Gasteiger partial charge is 0.490 e. The van der Waals surface area contributed by atoms with Gasteiger partial charge in [0.05, 0.1) is 18.6 Å². The number of hydrogen-bond donors (Lipinski definition) is 1. The van der Waals surface area contributed by atoms with Crippen LogP contribution in [0.4, 0.5) is 5.69 Å². The van der Waals surface area contributed by atoms with Gasteiger partial charge in [-0.05, 0) is 12.1 Å². The molecule has 2 rings (SSSR count). The van der Waals surface area contributed by atoms with Crippen LogP contribution in [-0.2, 0) is 6.54 Å². The third kappa shape index (κ3) is 2.13. The maximum atomic E-state index is 10.9. The van der Waals surface area contributed by atoms with E-state index in [1.807, 2.05) is 0 Å². The molecule has 0 aliphatic carbocycles. The van der Waals surface area contributed by atoms with Gasteiger partial charge >= 0.3 is 5.69 Å². The Morgan fingerprint density at radius 3 is 2.89 bits per heavy atom. The monoisotopic (exact) mass is 250 g/mol. The third-order valence-electron chi connectivity index (χ3n) is 2.27. The van der Waals surface area contributed by atoms with Gasteiger partial charge in [-0.2, -0.15) is 4.98 Å². The number of methoxy groups -OCH3 is 1. The minimum Gasteiger partial charge on any atom is -0.490 e. The third-order valence-corrected chi connectivity index (χ3v) is 2.27. The number of hydrogen-bond acceptors (Lipinski definition) is 7. The first-order valence-corrected chi connectivity index (χ1v) is 5.01. The molecule has 8 heteroatoms. The van der Waals surface area contributed by atoms with Crippen LogP contribution >= 0.6 is 0 Å². The molecule has 94 valence electrons. The van der Waals surface area contributed by atoms with Crippen LogP contribution in [0.3, 0.4) is 0 Å². The minimum absolute atomic E-state index is 0.141. The Labute approximate surface area is 102 Å². The van der Waals surface area contributed by atoms with E-state index < -0.39 is 4.92 Å². The van der Waals surface area contributed by atoms with Gasteiger partial charge < -0.3 is 15.0 Å². The van der Waals surface area contributed by atoms with Crippen molar-refractivity contribution in [3.05, 3.63) is 34.1 Å². The zero-order valence-electron chi connectivity index (χ0n) is 9.49. The van der Waals surface area contributed by atoms with E-state index in [2.05, 4.69) is 10.1 Å². The molecule has 18 heavy (non-hydrogen) atoms. The number of nitro groups is 1. The molecule has 0 radical (unpaired) electrons. The fraction of sp³-hybridized carbons (Fsp3) is 0.200. The fourth-order valence-electron chi connectivity index (χ4n) is 1.42. The van der Waals surface area contributed by atoms with Crippen molar-refractivity contribution in [1.29, 1.82) is 0 Å². The highest BCUT2D eigenvalue weighted by molar-refractivity contribution is 5.62. The molecule has 1 aromatic heterocycles. The van der Waals surface area contributed by atoms with Gasteiger partial charge in [0.15, 0.2) is 11.6 Å². The molecule has 2 aromatic rings. The van der Waals surface area contributed by atoms with E-state index in [0.717, 1.165) is 0 Å². The van der Waals surface area contributed by atoms with Crippen molar-refractivity contribution in [2.75, 3.05) is 7.11 Å². The van der Waals surface area contributed by atoms with Gasteiger partial charge in [-0.25, -0.2) is 0 Å². The van der Waals surface area contributed by atoms with E-state index in [1.54, 1.807) is 6.07 Å². The quantitative estimate of drug-likeness (QED) is 0.637. The minimum atomic E-state index is -0.539. The number of rotatable bonds is 4. The topological polar surface area (TPSA) is 117 Å². The van der Waals surface area contributed by atoms with Crippen LogP contribution in [0.1, 0.15) is 5.82 Å². The standard InChI is InChI=1S/C10H10N4O4/c1-17-8-3-2-6(4-7(8)14(15)16)10-12-9(5-11)13-18-10/h2-4H,5,11H2,1H3. The van der Waals surface area contributed by atoms with Gasteiger partial charge in [0, 0.05) is 11.6 Å². The van der Waals surface area contributed by atoms with Gasteiger partial charge in [-0.1, -0.05) is 5.16 Å².